The van der Waals surface area contributed by atoms with Crippen molar-refractivity contribution >= 4 is 21.8 Å². The van der Waals surface area contributed by atoms with Gasteiger partial charge in [0, 0.05) is 10.0 Å². The van der Waals surface area contributed by atoms with Gasteiger partial charge in [0.2, 0.25) is 0 Å². The van der Waals surface area contributed by atoms with E-state index in [-0.39, 0.29) is 5.84 Å². The number of ether oxygens (including phenoxy) is 1. The van der Waals surface area contributed by atoms with Gasteiger partial charge >= 0.3 is 0 Å². The standard InChI is InChI=1S/C13H19BrN2O/c1-3-4-9(2)8-17-10-5-6-11(13(15)16)12(14)7-10/h5-7,9H,3-4,8H2,1-2H3,(H3,15,16). The topological polar surface area (TPSA) is 59.1 Å². The maximum Gasteiger partial charge on any atom is 0.123 e. The third kappa shape index (κ3) is 4.38. The van der Waals surface area contributed by atoms with E-state index in [1.807, 2.05) is 12.1 Å². The average Bonchev–Trinajstić information content (AvgIpc) is 2.26. The summed E-state index contributed by atoms with van der Waals surface area (Å²) >= 11 is 3.38. The number of rotatable bonds is 6. The lowest BCUT2D eigenvalue weighted by Crippen LogP contribution is -2.12. The minimum atomic E-state index is 0.0581. The number of nitrogen functional groups attached to an aromatic ring is 1. The van der Waals surface area contributed by atoms with Gasteiger partial charge in [-0.1, -0.05) is 20.3 Å². The van der Waals surface area contributed by atoms with E-state index in [0.29, 0.717) is 11.5 Å². The maximum absolute atomic E-state index is 7.38. The third-order valence-electron chi connectivity index (χ3n) is 2.55. The zero-order valence-corrected chi connectivity index (χ0v) is 11.9. The number of halogens is 1. The Morgan fingerprint density at radius 1 is 1.53 bits per heavy atom. The van der Waals surface area contributed by atoms with Crippen molar-refractivity contribution in [2.45, 2.75) is 26.7 Å². The molecule has 1 unspecified atom stereocenters. The van der Waals surface area contributed by atoms with Crippen molar-refractivity contribution in [3.63, 3.8) is 0 Å². The van der Waals surface area contributed by atoms with Crippen LogP contribution in [-0.2, 0) is 0 Å². The van der Waals surface area contributed by atoms with Crippen LogP contribution in [0.4, 0.5) is 0 Å². The smallest absolute Gasteiger partial charge is 0.123 e. The molecule has 1 atom stereocenters. The minimum Gasteiger partial charge on any atom is -0.493 e. The van der Waals surface area contributed by atoms with Crippen LogP contribution in [-0.4, -0.2) is 12.4 Å². The quantitative estimate of drug-likeness (QED) is 0.623. The second kappa shape index (κ2) is 6.64. The van der Waals surface area contributed by atoms with Crippen LogP contribution in [0.1, 0.15) is 32.3 Å². The molecule has 0 radical (unpaired) electrons. The monoisotopic (exact) mass is 298 g/mol. The van der Waals surface area contributed by atoms with Crippen molar-refractivity contribution in [2.75, 3.05) is 6.61 Å². The second-order valence-electron chi connectivity index (χ2n) is 4.26. The molecule has 0 bridgehead atoms. The molecule has 0 saturated heterocycles. The Morgan fingerprint density at radius 2 is 2.24 bits per heavy atom. The second-order valence-corrected chi connectivity index (χ2v) is 5.11. The lowest BCUT2D eigenvalue weighted by molar-refractivity contribution is 0.251. The molecular formula is C13H19BrN2O. The lowest BCUT2D eigenvalue weighted by atomic mass is 10.1. The molecule has 17 heavy (non-hydrogen) atoms. The predicted molar refractivity (Wildman–Crippen MR) is 74.7 cm³/mol. The number of amidine groups is 1. The van der Waals surface area contributed by atoms with Gasteiger partial charge in [0.1, 0.15) is 11.6 Å². The van der Waals surface area contributed by atoms with E-state index in [1.54, 1.807) is 6.07 Å². The molecule has 0 fully saturated rings. The Hall–Kier alpha value is -1.03. The Labute approximate surface area is 111 Å². The largest absolute Gasteiger partial charge is 0.493 e. The van der Waals surface area contributed by atoms with Crippen molar-refractivity contribution in [1.29, 1.82) is 5.41 Å². The van der Waals surface area contributed by atoms with Crippen LogP contribution in [0.2, 0.25) is 0 Å². The van der Waals surface area contributed by atoms with Crippen LogP contribution < -0.4 is 10.5 Å². The molecule has 0 aliphatic carbocycles. The molecule has 1 aromatic carbocycles. The zero-order chi connectivity index (χ0) is 12.8. The zero-order valence-electron chi connectivity index (χ0n) is 10.3. The van der Waals surface area contributed by atoms with E-state index in [1.165, 1.54) is 12.8 Å². The average molecular weight is 299 g/mol. The summed E-state index contributed by atoms with van der Waals surface area (Å²) in [6, 6.07) is 5.50. The van der Waals surface area contributed by atoms with Gasteiger partial charge < -0.3 is 10.5 Å². The summed E-state index contributed by atoms with van der Waals surface area (Å²) in [4.78, 5) is 0. The summed E-state index contributed by atoms with van der Waals surface area (Å²) in [7, 11) is 0. The first-order chi connectivity index (χ1) is 8.04. The fourth-order valence-corrected chi connectivity index (χ4v) is 2.19. The van der Waals surface area contributed by atoms with Gasteiger partial charge in [-0.05, 0) is 46.5 Å². The van der Waals surface area contributed by atoms with Gasteiger partial charge in [-0.2, -0.15) is 0 Å². The Kier molecular flexibility index (Phi) is 5.48. The molecule has 0 saturated carbocycles. The van der Waals surface area contributed by atoms with E-state index in [0.717, 1.165) is 16.8 Å². The van der Waals surface area contributed by atoms with Crippen LogP contribution in [0.3, 0.4) is 0 Å². The molecule has 3 nitrogen and oxygen atoms in total. The van der Waals surface area contributed by atoms with Crippen molar-refractivity contribution in [2.24, 2.45) is 11.7 Å². The molecule has 1 aromatic rings. The van der Waals surface area contributed by atoms with Gasteiger partial charge in [0.15, 0.2) is 0 Å². The van der Waals surface area contributed by atoms with Gasteiger partial charge in [-0.15, -0.1) is 0 Å². The molecule has 0 aromatic heterocycles. The van der Waals surface area contributed by atoms with Crippen LogP contribution in [0, 0.1) is 11.3 Å². The van der Waals surface area contributed by atoms with E-state index in [2.05, 4.69) is 29.8 Å². The molecule has 1 rings (SSSR count). The summed E-state index contributed by atoms with van der Waals surface area (Å²) in [5.41, 5.74) is 6.13. The van der Waals surface area contributed by atoms with Crippen molar-refractivity contribution in [3.8, 4) is 5.75 Å². The Morgan fingerprint density at radius 3 is 2.76 bits per heavy atom. The molecule has 0 aliphatic rings. The van der Waals surface area contributed by atoms with Gasteiger partial charge in [0.25, 0.3) is 0 Å². The summed E-state index contributed by atoms with van der Waals surface area (Å²) < 4.78 is 6.49. The lowest BCUT2D eigenvalue weighted by Gasteiger charge is -2.13. The molecule has 3 N–H and O–H groups in total. The summed E-state index contributed by atoms with van der Waals surface area (Å²) in [5, 5.41) is 7.38. The van der Waals surface area contributed by atoms with Crippen LogP contribution in [0.25, 0.3) is 0 Å². The number of hydrogen-bond acceptors (Lipinski definition) is 2. The van der Waals surface area contributed by atoms with E-state index >= 15 is 0 Å². The first-order valence-corrected chi connectivity index (χ1v) is 6.60. The van der Waals surface area contributed by atoms with E-state index in [4.69, 9.17) is 15.9 Å². The SMILES string of the molecule is CCCC(C)COc1ccc(C(=N)N)c(Br)c1. The highest BCUT2D eigenvalue weighted by Gasteiger charge is 2.06. The summed E-state index contributed by atoms with van der Waals surface area (Å²) in [5.74, 6) is 1.43. The number of hydrogen-bond donors (Lipinski definition) is 2. The van der Waals surface area contributed by atoms with Crippen LogP contribution in [0.15, 0.2) is 22.7 Å². The summed E-state index contributed by atoms with van der Waals surface area (Å²) in [6.45, 7) is 5.08. The molecule has 0 aliphatic heterocycles. The first kappa shape index (κ1) is 14.0. The third-order valence-corrected chi connectivity index (χ3v) is 3.20. The Balaban J connectivity index is 2.62. The fourth-order valence-electron chi connectivity index (χ4n) is 1.62. The number of nitrogens with two attached hydrogens (primary N) is 1. The van der Waals surface area contributed by atoms with Gasteiger partial charge in [-0.25, -0.2) is 0 Å². The van der Waals surface area contributed by atoms with E-state index < -0.39 is 0 Å². The van der Waals surface area contributed by atoms with Crippen molar-refractivity contribution < 1.29 is 4.74 Å². The fraction of sp³-hybridized carbons (Fsp3) is 0.462. The molecular weight excluding hydrogens is 280 g/mol. The minimum absolute atomic E-state index is 0.0581. The molecule has 94 valence electrons. The molecule has 0 amide bonds. The van der Waals surface area contributed by atoms with Crippen molar-refractivity contribution in [1.82, 2.24) is 0 Å². The van der Waals surface area contributed by atoms with Crippen molar-refractivity contribution in [3.05, 3.63) is 28.2 Å². The highest BCUT2D eigenvalue weighted by molar-refractivity contribution is 9.10. The van der Waals surface area contributed by atoms with Gasteiger partial charge in [-0.3, -0.25) is 5.41 Å². The highest BCUT2D eigenvalue weighted by Crippen LogP contribution is 2.23. The van der Waals surface area contributed by atoms with Crippen LogP contribution >= 0.6 is 15.9 Å². The number of nitrogens with one attached hydrogen (secondary N) is 1. The molecule has 0 spiro atoms. The van der Waals surface area contributed by atoms with Crippen LogP contribution in [0.5, 0.6) is 5.75 Å². The molecule has 4 heteroatoms. The highest BCUT2D eigenvalue weighted by atomic mass is 79.9. The van der Waals surface area contributed by atoms with Gasteiger partial charge in [0.05, 0.1) is 6.61 Å². The molecule has 0 heterocycles. The first-order valence-electron chi connectivity index (χ1n) is 5.81. The predicted octanol–water partition coefficient (Wildman–Crippen LogP) is 3.55. The normalized spacial score (nSPS) is 12.2. The number of benzene rings is 1. The Bertz CT molecular complexity index is 393. The van der Waals surface area contributed by atoms with E-state index in [9.17, 15) is 0 Å². The summed E-state index contributed by atoms with van der Waals surface area (Å²) in [6.07, 6.45) is 2.35. The maximum atomic E-state index is 7.38.